The predicted molar refractivity (Wildman–Crippen MR) is 113 cm³/mol. The Labute approximate surface area is 210 Å². The van der Waals surface area contributed by atoms with Crippen molar-refractivity contribution in [3.63, 3.8) is 0 Å². The van der Waals surface area contributed by atoms with Crippen molar-refractivity contribution in [2.24, 2.45) is 0 Å². The Balaban J connectivity index is 1.77. The van der Waals surface area contributed by atoms with Crippen LogP contribution in [0.3, 0.4) is 0 Å². The highest BCUT2D eigenvalue weighted by Crippen LogP contribution is 2.32. The maximum Gasteiger partial charge on any atom is 0.217 e. The smallest absolute Gasteiger partial charge is 0.217 e. The van der Waals surface area contributed by atoms with Gasteiger partial charge in [0.25, 0.3) is 0 Å². The lowest BCUT2D eigenvalue weighted by atomic mass is 9.95. The maximum absolute atomic E-state index is 11.6. The number of rotatable bonds is 8. The van der Waals surface area contributed by atoms with Crippen LogP contribution < -0.4 is 5.32 Å². The number of aliphatic hydroxyl groups is 10. The molecule has 3 aliphatic rings. The molecule has 37 heavy (non-hydrogen) atoms. The van der Waals surface area contributed by atoms with Gasteiger partial charge in [-0.05, 0) is 0 Å². The van der Waals surface area contributed by atoms with E-state index in [1.807, 2.05) is 0 Å². The second kappa shape index (κ2) is 12.8. The highest BCUT2D eigenvalue weighted by Gasteiger charge is 2.53. The Hall–Kier alpha value is -1.13. The normalized spacial score (nSPS) is 49.0. The van der Waals surface area contributed by atoms with Crippen LogP contribution in [0.5, 0.6) is 0 Å². The molecular formula is C20H35NO16. The molecule has 1 amide bonds. The van der Waals surface area contributed by atoms with E-state index in [9.17, 15) is 55.9 Å². The molecule has 0 aromatic rings. The van der Waals surface area contributed by atoms with Crippen molar-refractivity contribution in [2.75, 3.05) is 19.8 Å². The first-order chi connectivity index (χ1) is 17.4. The van der Waals surface area contributed by atoms with Crippen LogP contribution in [0.1, 0.15) is 6.92 Å². The Morgan fingerprint density at radius 2 is 1.14 bits per heavy atom. The van der Waals surface area contributed by atoms with E-state index in [1.54, 1.807) is 0 Å². The van der Waals surface area contributed by atoms with E-state index >= 15 is 0 Å². The fraction of sp³-hybridized carbons (Fsp3) is 0.950. The molecule has 216 valence electrons. The molecule has 3 saturated heterocycles. The number of carbonyl (C=O) groups excluding carboxylic acids is 1. The summed E-state index contributed by atoms with van der Waals surface area (Å²) in [5.74, 6) is -0.637. The summed E-state index contributed by atoms with van der Waals surface area (Å²) < 4.78 is 27.0. The maximum atomic E-state index is 11.6. The van der Waals surface area contributed by atoms with Crippen molar-refractivity contribution < 1.29 is 79.5 Å². The summed E-state index contributed by atoms with van der Waals surface area (Å²) in [4.78, 5) is 11.6. The lowest BCUT2D eigenvalue weighted by Crippen LogP contribution is -2.68. The fourth-order valence-electron chi connectivity index (χ4n) is 4.46. The lowest BCUT2D eigenvalue weighted by Gasteiger charge is -2.48. The first-order valence-electron chi connectivity index (χ1n) is 11.6. The molecule has 3 aliphatic heterocycles. The second-order valence-electron chi connectivity index (χ2n) is 9.07. The summed E-state index contributed by atoms with van der Waals surface area (Å²) in [5, 5.41) is 103. The molecule has 0 spiro atoms. The summed E-state index contributed by atoms with van der Waals surface area (Å²) in [7, 11) is 0. The summed E-state index contributed by atoms with van der Waals surface area (Å²) >= 11 is 0. The average Bonchev–Trinajstić information content (AvgIpc) is 2.87. The van der Waals surface area contributed by atoms with Crippen molar-refractivity contribution >= 4 is 5.91 Å². The van der Waals surface area contributed by atoms with E-state index in [0.29, 0.717) is 0 Å². The quantitative estimate of drug-likeness (QED) is 0.135. The summed E-state index contributed by atoms with van der Waals surface area (Å²) in [5.41, 5.74) is 0. The number of carbonyl (C=O) groups is 1. The summed E-state index contributed by atoms with van der Waals surface area (Å²) in [6, 6.07) is -1.39. The van der Waals surface area contributed by atoms with Crippen molar-refractivity contribution in [1.82, 2.24) is 5.32 Å². The minimum absolute atomic E-state index is 0.637. The van der Waals surface area contributed by atoms with Crippen LogP contribution >= 0.6 is 0 Å². The molecule has 0 bridgehead atoms. The van der Waals surface area contributed by atoms with Crippen LogP contribution in [0.2, 0.25) is 0 Å². The number of nitrogens with one attached hydrogen (secondary N) is 1. The molecule has 0 radical (unpaired) electrons. The van der Waals surface area contributed by atoms with Gasteiger partial charge >= 0.3 is 0 Å². The molecule has 0 saturated carbocycles. The molecule has 15 atom stereocenters. The SMILES string of the molecule is CC(=O)N[C@H]1[C@H](O[C@H]2[C@H](O)[C@H](O)[C@@H](O[C@H]3[C@H](O)[C@H](O)[C@@H](O)O[C@@H]3CO)O[C@@H]2CO)O[C@H](CO)[C@@H](O)[C@@H]1O. The van der Waals surface area contributed by atoms with E-state index < -0.39 is 118 Å². The topological polar surface area (TPSA) is 278 Å². The minimum atomic E-state index is -1.92. The van der Waals surface area contributed by atoms with Gasteiger partial charge in [-0.3, -0.25) is 4.79 Å². The van der Waals surface area contributed by atoms with Gasteiger partial charge < -0.3 is 80.1 Å². The third-order valence-electron chi connectivity index (χ3n) is 6.49. The summed E-state index contributed by atoms with van der Waals surface area (Å²) in [6.07, 6.45) is -23.1. The van der Waals surface area contributed by atoms with Gasteiger partial charge in [-0.25, -0.2) is 0 Å². The number of ether oxygens (including phenoxy) is 5. The Kier molecular flexibility index (Phi) is 10.5. The zero-order valence-corrected chi connectivity index (χ0v) is 19.7. The monoisotopic (exact) mass is 545 g/mol. The second-order valence-corrected chi connectivity index (χ2v) is 9.07. The highest BCUT2D eigenvalue weighted by atomic mass is 16.7. The van der Waals surface area contributed by atoms with Gasteiger partial charge in [-0.15, -0.1) is 0 Å². The highest BCUT2D eigenvalue weighted by molar-refractivity contribution is 5.73. The summed E-state index contributed by atoms with van der Waals surface area (Å²) in [6.45, 7) is -1.21. The molecule has 3 rings (SSSR count). The molecule has 3 heterocycles. The first-order valence-corrected chi connectivity index (χ1v) is 11.6. The van der Waals surface area contributed by atoms with E-state index in [-0.39, 0.29) is 0 Å². The van der Waals surface area contributed by atoms with E-state index in [2.05, 4.69) is 5.32 Å². The fourth-order valence-corrected chi connectivity index (χ4v) is 4.46. The minimum Gasteiger partial charge on any atom is -0.394 e. The molecule has 0 aromatic heterocycles. The number of aliphatic hydroxyl groups excluding tert-OH is 10. The van der Waals surface area contributed by atoms with Crippen LogP contribution in [0.15, 0.2) is 0 Å². The van der Waals surface area contributed by atoms with Crippen LogP contribution in [-0.4, -0.2) is 169 Å². The zero-order chi connectivity index (χ0) is 27.6. The van der Waals surface area contributed by atoms with Gasteiger partial charge in [0.05, 0.1) is 19.8 Å². The van der Waals surface area contributed by atoms with Gasteiger partial charge in [-0.1, -0.05) is 0 Å². The van der Waals surface area contributed by atoms with Gasteiger partial charge in [0.1, 0.15) is 73.2 Å². The van der Waals surface area contributed by atoms with Gasteiger partial charge in [0.2, 0.25) is 5.91 Å². The molecule has 0 aromatic carbocycles. The Morgan fingerprint density at radius 3 is 1.68 bits per heavy atom. The first kappa shape index (κ1) is 30.4. The molecule has 17 nitrogen and oxygen atoms in total. The largest absolute Gasteiger partial charge is 0.394 e. The zero-order valence-electron chi connectivity index (χ0n) is 19.7. The predicted octanol–water partition coefficient (Wildman–Crippen LogP) is -7.43. The van der Waals surface area contributed by atoms with Crippen molar-refractivity contribution in [3.05, 3.63) is 0 Å². The van der Waals surface area contributed by atoms with Crippen LogP contribution in [0.25, 0.3) is 0 Å². The standard InChI is InChI=1S/C20H35NO16/c1-5(25)21-9-11(27)10(26)6(2-22)34-19(9)36-17-8(4-24)35-20(15(31)13(17)29)37-16-7(3-23)33-18(32)14(30)12(16)28/h6-20,22-24,26-32H,2-4H2,1H3,(H,21,25)/t6-,7-,8-,9-,10-,11-,12-,13-,14+,15+,16-,17-,18+,19+,20-/m1/s1. The lowest BCUT2D eigenvalue weighted by molar-refractivity contribution is -0.372. The molecule has 17 heteroatoms. The number of hydrogen-bond acceptors (Lipinski definition) is 16. The average molecular weight is 545 g/mol. The van der Waals surface area contributed by atoms with Crippen molar-refractivity contribution in [3.8, 4) is 0 Å². The van der Waals surface area contributed by atoms with E-state index in [0.717, 1.165) is 6.92 Å². The molecular weight excluding hydrogens is 510 g/mol. The van der Waals surface area contributed by atoms with E-state index in [1.165, 1.54) is 0 Å². The van der Waals surface area contributed by atoms with Crippen LogP contribution in [0, 0.1) is 0 Å². The van der Waals surface area contributed by atoms with Crippen molar-refractivity contribution in [2.45, 2.75) is 99.0 Å². The third-order valence-corrected chi connectivity index (χ3v) is 6.49. The number of hydrogen-bond donors (Lipinski definition) is 11. The Bertz CT molecular complexity index is 743. The van der Waals surface area contributed by atoms with Gasteiger partial charge in [-0.2, -0.15) is 0 Å². The molecule has 0 unspecified atom stereocenters. The van der Waals surface area contributed by atoms with Crippen LogP contribution in [0.4, 0.5) is 0 Å². The molecule has 11 N–H and O–H groups in total. The Morgan fingerprint density at radius 1 is 0.649 bits per heavy atom. The van der Waals surface area contributed by atoms with Gasteiger partial charge in [0, 0.05) is 6.92 Å². The van der Waals surface area contributed by atoms with Crippen LogP contribution in [-0.2, 0) is 28.5 Å². The number of amides is 1. The molecule has 3 fully saturated rings. The van der Waals surface area contributed by atoms with E-state index in [4.69, 9.17) is 23.7 Å². The third kappa shape index (κ3) is 6.38. The van der Waals surface area contributed by atoms with Gasteiger partial charge in [0.15, 0.2) is 18.9 Å². The molecule has 0 aliphatic carbocycles. The van der Waals surface area contributed by atoms with Crippen molar-refractivity contribution in [1.29, 1.82) is 0 Å².